The molecular formula is C20H23F3N4O4. The Balaban J connectivity index is 2.04. The minimum Gasteiger partial charge on any atom is -0.468 e. The number of rotatable bonds is 7. The zero-order valence-corrected chi connectivity index (χ0v) is 17.4. The molecule has 0 saturated carbocycles. The summed E-state index contributed by atoms with van der Waals surface area (Å²) in [5, 5.41) is 14.8. The van der Waals surface area contributed by atoms with E-state index in [0.717, 1.165) is 0 Å². The molecule has 3 N–H and O–H groups in total. The van der Waals surface area contributed by atoms with Crippen molar-refractivity contribution < 1.29 is 32.6 Å². The molecule has 0 spiro atoms. The number of pyridine rings is 2. The first-order chi connectivity index (χ1) is 14.2. The lowest BCUT2D eigenvalue weighted by Crippen LogP contribution is -2.37. The number of hydrogen-bond acceptors (Lipinski definition) is 6. The predicted molar refractivity (Wildman–Crippen MR) is 106 cm³/mol. The minimum atomic E-state index is -4.46. The predicted octanol–water partition coefficient (Wildman–Crippen LogP) is 2.67. The number of nitrogens with one attached hydrogen (secondary N) is 2. The number of carbonyl (C=O) groups excluding carboxylic acids is 2. The highest BCUT2D eigenvalue weighted by Gasteiger charge is 2.29. The number of aromatic nitrogens is 2. The number of carbonyl (C=O) groups is 2. The van der Waals surface area contributed by atoms with E-state index >= 15 is 0 Å². The van der Waals surface area contributed by atoms with Crippen LogP contribution in [0.1, 0.15) is 41.0 Å². The molecule has 2 amide bonds. The summed E-state index contributed by atoms with van der Waals surface area (Å²) in [6, 6.07) is 4.45. The molecule has 0 bridgehead atoms. The standard InChI is InChI=1S/C20H23F3N4O4/c1-11-5-13(9-25-17(11)31-10-20(21,22)23)8-24-16(28)14-6-12(2)26-15(7-14)27-18(29)19(3,4)30/h5-7,9,30H,8,10H2,1-4H3,(H,24,28)(H,26,27,29). The third-order valence-electron chi connectivity index (χ3n) is 3.93. The van der Waals surface area contributed by atoms with Crippen LogP contribution in [0, 0.1) is 13.8 Å². The zero-order chi connectivity index (χ0) is 23.4. The van der Waals surface area contributed by atoms with Crippen molar-refractivity contribution in [3.63, 3.8) is 0 Å². The van der Waals surface area contributed by atoms with Crippen LogP contribution in [-0.2, 0) is 11.3 Å². The SMILES string of the molecule is Cc1cc(C(=O)NCc2cnc(OCC(F)(F)F)c(C)c2)cc(NC(=O)C(C)(C)O)n1. The van der Waals surface area contributed by atoms with Gasteiger partial charge in [0.2, 0.25) is 5.88 Å². The lowest BCUT2D eigenvalue weighted by atomic mass is 10.1. The first-order valence-electron chi connectivity index (χ1n) is 9.20. The number of alkyl halides is 3. The van der Waals surface area contributed by atoms with E-state index in [0.29, 0.717) is 16.8 Å². The number of nitrogens with zero attached hydrogens (tertiary/aromatic N) is 2. The second-order valence-electron chi connectivity index (χ2n) is 7.45. The number of amides is 2. The molecule has 0 fully saturated rings. The van der Waals surface area contributed by atoms with Gasteiger partial charge in [0.15, 0.2) is 6.61 Å². The van der Waals surface area contributed by atoms with Crippen LogP contribution in [0.3, 0.4) is 0 Å². The third kappa shape index (κ3) is 7.52. The summed E-state index contributed by atoms with van der Waals surface area (Å²) >= 11 is 0. The average Bonchev–Trinajstić information content (AvgIpc) is 2.63. The minimum absolute atomic E-state index is 0.0684. The highest BCUT2D eigenvalue weighted by Crippen LogP contribution is 2.20. The van der Waals surface area contributed by atoms with Crippen LogP contribution in [-0.4, -0.2) is 45.3 Å². The van der Waals surface area contributed by atoms with Gasteiger partial charge in [-0.05, 0) is 51.5 Å². The monoisotopic (exact) mass is 440 g/mol. The van der Waals surface area contributed by atoms with Crippen LogP contribution < -0.4 is 15.4 Å². The molecule has 11 heteroatoms. The van der Waals surface area contributed by atoms with Crippen molar-refractivity contribution >= 4 is 17.6 Å². The largest absolute Gasteiger partial charge is 0.468 e. The zero-order valence-electron chi connectivity index (χ0n) is 17.4. The third-order valence-corrected chi connectivity index (χ3v) is 3.93. The van der Waals surface area contributed by atoms with E-state index in [1.807, 2.05) is 0 Å². The van der Waals surface area contributed by atoms with Gasteiger partial charge in [0.05, 0.1) is 0 Å². The Labute approximate surface area is 176 Å². The number of aryl methyl sites for hydroxylation is 2. The lowest BCUT2D eigenvalue weighted by molar-refractivity contribution is -0.154. The van der Waals surface area contributed by atoms with E-state index in [9.17, 15) is 27.9 Å². The van der Waals surface area contributed by atoms with E-state index in [4.69, 9.17) is 0 Å². The Bertz CT molecular complexity index is 972. The lowest BCUT2D eigenvalue weighted by Gasteiger charge is -2.16. The number of aliphatic hydroxyl groups is 1. The normalized spacial score (nSPS) is 11.7. The Kier molecular flexibility index (Phi) is 7.21. The van der Waals surface area contributed by atoms with E-state index in [2.05, 4.69) is 25.3 Å². The maximum atomic E-state index is 12.5. The molecule has 31 heavy (non-hydrogen) atoms. The van der Waals surface area contributed by atoms with Crippen LogP contribution in [0.15, 0.2) is 24.4 Å². The van der Waals surface area contributed by atoms with Gasteiger partial charge in [0.25, 0.3) is 11.8 Å². The molecule has 0 unspecified atom stereocenters. The van der Waals surface area contributed by atoms with E-state index in [1.54, 1.807) is 19.9 Å². The summed E-state index contributed by atoms with van der Waals surface area (Å²) in [5.41, 5.74) is 0.0453. The van der Waals surface area contributed by atoms with Gasteiger partial charge in [0.1, 0.15) is 11.4 Å². The molecule has 0 aliphatic heterocycles. The Hall–Kier alpha value is -3.21. The van der Waals surface area contributed by atoms with Crippen molar-refractivity contribution in [2.75, 3.05) is 11.9 Å². The first-order valence-corrected chi connectivity index (χ1v) is 9.20. The number of anilines is 1. The molecule has 2 aromatic heterocycles. The average molecular weight is 440 g/mol. The second kappa shape index (κ2) is 9.29. The summed E-state index contributed by atoms with van der Waals surface area (Å²) < 4.78 is 41.5. The number of halogens is 3. The Morgan fingerprint density at radius 2 is 1.84 bits per heavy atom. The summed E-state index contributed by atoms with van der Waals surface area (Å²) in [7, 11) is 0. The van der Waals surface area contributed by atoms with Crippen molar-refractivity contribution in [2.24, 2.45) is 0 Å². The molecule has 0 radical (unpaired) electrons. The molecule has 168 valence electrons. The Morgan fingerprint density at radius 3 is 2.42 bits per heavy atom. The molecule has 0 atom stereocenters. The molecule has 0 aliphatic carbocycles. The highest BCUT2D eigenvalue weighted by molar-refractivity contribution is 5.98. The fourth-order valence-electron chi connectivity index (χ4n) is 2.44. The molecular weight excluding hydrogens is 417 g/mol. The van der Waals surface area contributed by atoms with Gasteiger partial charge < -0.3 is 20.5 Å². The van der Waals surface area contributed by atoms with E-state index in [1.165, 1.54) is 32.2 Å². The van der Waals surface area contributed by atoms with Crippen LogP contribution in [0.2, 0.25) is 0 Å². The van der Waals surface area contributed by atoms with Crippen LogP contribution in [0.5, 0.6) is 5.88 Å². The Morgan fingerprint density at radius 1 is 1.16 bits per heavy atom. The second-order valence-corrected chi connectivity index (χ2v) is 7.45. The maximum Gasteiger partial charge on any atom is 0.422 e. The maximum absolute atomic E-state index is 12.5. The van der Waals surface area contributed by atoms with Crippen molar-refractivity contribution in [3.8, 4) is 5.88 Å². The summed E-state index contributed by atoms with van der Waals surface area (Å²) in [5.74, 6) is -1.16. The quantitative estimate of drug-likeness (QED) is 0.610. The van der Waals surface area contributed by atoms with Crippen molar-refractivity contribution in [3.05, 3.63) is 46.8 Å². The van der Waals surface area contributed by atoms with Crippen LogP contribution in [0.25, 0.3) is 0 Å². The van der Waals surface area contributed by atoms with Crippen molar-refractivity contribution in [2.45, 2.75) is 46.0 Å². The van der Waals surface area contributed by atoms with Gasteiger partial charge >= 0.3 is 6.18 Å². The molecule has 0 saturated heterocycles. The first kappa shape index (κ1) is 24.1. The molecule has 0 aliphatic rings. The summed E-state index contributed by atoms with van der Waals surface area (Å²) in [6.07, 6.45) is -3.15. The van der Waals surface area contributed by atoms with Crippen LogP contribution >= 0.6 is 0 Å². The fraction of sp³-hybridized carbons (Fsp3) is 0.400. The molecule has 0 aromatic carbocycles. The summed E-state index contributed by atoms with van der Waals surface area (Å²) in [6.45, 7) is 4.46. The van der Waals surface area contributed by atoms with Gasteiger partial charge in [-0.15, -0.1) is 0 Å². The fourth-order valence-corrected chi connectivity index (χ4v) is 2.44. The van der Waals surface area contributed by atoms with Gasteiger partial charge in [-0.3, -0.25) is 9.59 Å². The van der Waals surface area contributed by atoms with E-state index < -0.39 is 30.2 Å². The molecule has 2 heterocycles. The number of ether oxygens (including phenoxy) is 1. The van der Waals surface area contributed by atoms with Crippen LogP contribution in [0.4, 0.5) is 19.0 Å². The van der Waals surface area contributed by atoms with Gasteiger partial charge in [0, 0.05) is 29.6 Å². The molecule has 2 aromatic rings. The highest BCUT2D eigenvalue weighted by atomic mass is 19.4. The van der Waals surface area contributed by atoms with E-state index in [-0.39, 0.29) is 23.8 Å². The van der Waals surface area contributed by atoms with Gasteiger partial charge in [-0.1, -0.05) is 0 Å². The van der Waals surface area contributed by atoms with Gasteiger partial charge in [-0.25, -0.2) is 9.97 Å². The molecule has 8 nitrogen and oxygen atoms in total. The molecule has 2 rings (SSSR count). The van der Waals surface area contributed by atoms with Gasteiger partial charge in [-0.2, -0.15) is 13.2 Å². The van der Waals surface area contributed by atoms with Crippen molar-refractivity contribution in [1.82, 2.24) is 15.3 Å². The number of hydrogen-bond donors (Lipinski definition) is 3. The summed E-state index contributed by atoms with van der Waals surface area (Å²) in [4.78, 5) is 32.4. The smallest absolute Gasteiger partial charge is 0.422 e. The van der Waals surface area contributed by atoms with Crippen molar-refractivity contribution in [1.29, 1.82) is 0 Å². The topological polar surface area (TPSA) is 113 Å².